The molecule has 0 unspecified atom stereocenters. The summed E-state index contributed by atoms with van der Waals surface area (Å²) in [4.78, 5) is 39.0. The van der Waals surface area contributed by atoms with Gasteiger partial charge in [-0.2, -0.15) is 0 Å². The first-order chi connectivity index (χ1) is 8.95. The zero-order chi connectivity index (χ0) is 14.7. The Kier molecular flexibility index (Phi) is 8.70. The van der Waals surface area contributed by atoms with Crippen LogP contribution in [0.5, 0.6) is 0 Å². The van der Waals surface area contributed by atoms with Crippen LogP contribution in [0, 0.1) is 20.2 Å². The van der Waals surface area contributed by atoms with Crippen LogP contribution in [0.15, 0.2) is 0 Å². The molecule has 0 aliphatic heterocycles. The van der Waals surface area contributed by atoms with E-state index in [-0.39, 0.29) is 26.2 Å². The highest BCUT2D eigenvalue weighted by Gasteiger charge is 2.16. The molecule has 0 aromatic carbocycles. The first kappa shape index (κ1) is 16.8. The predicted molar refractivity (Wildman–Crippen MR) is 56.9 cm³/mol. The van der Waals surface area contributed by atoms with Crippen molar-refractivity contribution in [1.82, 2.24) is 0 Å². The summed E-state index contributed by atoms with van der Waals surface area (Å²) in [5, 5.41) is 17.8. The number of hydrogen-bond donors (Lipinski definition) is 0. The highest BCUT2D eigenvalue weighted by molar-refractivity contribution is 5.69. The molecule has 0 radical (unpaired) electrons. The Balaban J connectivity index is 3.87. The first-order valence-corrected chi connectivity index (χ1v) is 5.27. The molecule has 0 spiro atoms. The van der Waals surface area contributed by atoms with Crippen LogP contribution < -0.4 is 0 Å². The lowest BCUT2D eigenvalue weighted by Gasteiger charge is -2.13. The lowest BCUT2D eigenvalue weighted by atomic mass is 10.4. The molecule has 0 N–H and O–H groups in total. The molecule has 11 nitrogen and oxygen atoms in total. The molecule has 0 aliphatic carbocycles. The van der Waals surface area contributed by atoms with Gasteiger partial charge in [0.15, 0.2) is 6.10 Å². The van der Waals surface area contributed by atoms with Crippen molar-refractivity contribution in [2.24, 2.45) is 0 Å². The Bertz CT molecular complexity index is 309. The summed E-state index contributed by atoms with van der Waals surface area (Å²) in [7, 11) is 0. The molecule has 0 fully saturated rings. The molecule has 19 heavy (non-hydrogen) atoms. The molecule has 0 aromatic rings. The summed E-state index contributed by atoms with van der Waals surface area (Å²) in [6, 6.07) is 0. The smallest absolute Gasteiger partial charge is 0.308 e. The van der Waals surface area contributed by atoms with Crippen LogP contribution in [0.4, 0.5) is 0 Å². The van der Waals surface area contributed by atoms with Crippen molar-refractivity contribution in [2.45, 2.75) is 19.4 Å². The molecule has 0 bridgehead atoms. The number of carbonyl (C=O) groups is 1. The van der Waals surface area contributed by atoms with Gasteiger partial charge in [-0.15, -0.1) is 20.2 Å². The standard InChI is InChI=1S/C8H14N2O9/c1-2-17-8(11)3-4-16-5-7(19-10(14)15)6-18-9(12)13/h7H,2-6H2,1H3/t7-/m0/s1. The van der Waals surface area contributed by atoms with Crippen LogP contribution in [-0.2, 0) is 23.9 Å². The number of rotatable bonds is 11. The van der Waals surface area contributed by atoms with E-state index >= 15 is 0 Å². The summed E-state index contributed by atoms with van der Waals surface area (Å²) in [6.07, 6.45) is -1.28. The maximum atomic E-state index is 10.9. The SMILES string of the molecule is CCOC(=O)CCOC[C@@H](CO[N+](=O)[O-])O[N+](=O)[O-]. The topological polar surface area (TPSA) is 140 Å². The maximum Gasteiger partial charge on any atom is 0.308 e. The van der Waals surface area contributed by atoms with Crippen molar-refractivity contribution in [3.05, 3.63) is 20.2 Å². The van der Waals surface area contributed by atoms with Gasteiger partial charge in [-0.3, -0.25) is 4.79 Å². The van der Waals surface area contributed by atoms with Crippen LogP contribution in [0.1, 0.15) is 13.3 Å². The fourth-order valence-corrected chi connectivity index (χ4v) is 0.978. The molecular formula is C8H14N2O9. The average Bonchev–Trinajstić information content (AvgIpc) is 2.31. The van der Waals surface area contributed by atoms with Gasteiger partial charge < -0.3 is 19.1 Å². The zero-order valence-electron chi connectivity index (χ0n) is 10.2. The van der Waals surface area contributed by atoms with E-state index in [9.17, 15) is 25.0 Å². The summed E-state index contributed by atoms with van der Waals surface area (Å²) in [6.45, 7) is 0.869. The number of carbonyl (C=O) groups excluding carboxylic acids is 1. The minimum absolute atomic E-state index is 0.0326. The van der Waals surface area contributed by atoms with E-state index < -0.39 is 28.9 Å². The van der Waals surface area contributed by atoms with Crippen molar-refractivity contribution in [3.63, 3.8) is 0 Å². The third-order valence-corrected chi connectivity index (χ3v) is 1.66. The predicted octanol–water partition coefficient (Wildman–Crippen LogP) is -0.259. The van der Waals surface area contributed by atoms with Gasteiger partial charge in [0.1, 0.15) is 6.61 Å². The lowest BCUT2D eigenvalue weighted by Crippen LogP contribution is -2.29. The van der Waals surface area contributed by atoms with Crippen molar-refractivity contribution < 1.29 is 34.1 Å². The molecule has 0 amide bonds. The van der Waals surface area contributed by atoms with E-state index in [0.717, 1.165) is 0 Å². The van der Waals surface area contributed by atoms with E-state index in [2.05, 4.69) is 14.4 Å². The zero-order valence-corrected chi connectivity index (χ0v) is 10.2. The molecule has 0 aliphatic rings. The number of esters is 1. The number of hydrogen-bond acceptors (Lipinski definition) is 9. The normalized spacial score (nSPS) is 11.4. The van der Waals surface area contributed by atoms with E-state index in [1.807, 2.05) is 0 Å². The fourth-order valence-electron chi connectivity index (χ4n) is 0.978. The molecule has 110 valence electrons. The van der Waals surface area contributed by atoms with E-state index in [1.165, 1.54) is 0 Å². The van der Waals surface area contributed by atoms with Gasteiger partial charge in [0.25, 0.3) is 10.2 Å². The van der Waals surface area contributed by atoms with Crippen LogP contribution >= 0.6 is 0 Å². The molecule has 1 atom stereocenters. The fraction of sp³-hybridized carbons (Fsp3) is 0.875. The lowest BCUT2D eigenvalue weighted by molar-refractivity contribution is -0.790. The Hall–Kier alpha value is -2.17. The van der Waals surface area contributed by atoms with Crippen molar-refractivity contribution >= 4 is 5.97 Å². The molecule has 0 heterocycles. The number of nitrogens with zero attached hydrogens (tertiary/aromatic N) is 2. The van der Waals surface area contributed by atoms with Crippen molar-refractivity contribution in [2.75, 3.05) is 26.4 Å². The number of ether oxygens (including phenoxy) is 2. The summed E-state index contributed by atoms with van der Waals surface area (Å²) in [5.74, 6) is -0.476. The van der Waals surface area contributed by atoms with Gasteiger partial charge in [0.05, 0.1) is 26.2 Å². The minimum atomic E-state index is -1.25. The van der Waals surface area contributed by atoms with Gasteiger partial charge in [0, 0.05) is 0 Å². The van der Waals surface area contributed by atoms with Crippen molar-refractivity contribution in [1.29, 1.82) is 0 Å². The molecular weight excluding hydrogens is 268 g/mol. The van der Waals surface area contributed by atoms with Crippen LogP contribution in [0.2, 0.25) is 0 Å². The molecule has 0 saturated heterocycles. The van der Waals surface area contributed by atoms with Crippen LogP contribution in [0.3, 0.4) is 0 Å². The Morgan fingerprint density at radius 3 is 2.42 bits per heavy atom. The molecule has 11 heteroatoms. The summed E-state index contributed by atoms with van der Waals surface area (Å²) < 4.78 is 9.53. The third-order valence-electron chi connectivity index (χ3n) is 1.66. The monoisotopic (exact) mass is 282 g/mol. The highest BCUT2D eigenvalue weighted by atomic mass is 17.0. The van der Waals surface area contributed by atoms with E-state index in [4.69, 9.17) is 4.74 Å². The largest absolute Gasteiger partial charge is 0.466 e. The average molecular weight is 282 g/mol. The summed E-state index contributed by atoms with van der Waals surface area (Å²) >= 11 is 0. The Labute approximate surface area is 107 Å². The van der Waals surface area contributed by atoms with Gasteiger partial charge in [-0.1, -0.05) is 0 Å². The second kappa shape index (κ2) is 9.82. The highest BCUT2D eigenvalue weighted by Crippen LogP contribution is 1.97. The molecule has 0 aromatic heterocycles. The quantitative estimate of drug-likeness (QED) is 0.217. The van der Waals surface area contributed by atoms with Gasteiger partial charge in [0.2, 0.25) is 0 Å². The van der Waals surface area contributed by atoms with E-state index in [0.29, 0.717) is 0 Å². The van der Waals surface area contributed by atoms with Crippen molar-refractivity contribution in [3.8, 4) is 0 Å². The van der Waals surface area contributed by atoms with E-state index in [1.54, 1.807) is 6.92 Å². The molecule has 0 rings (SSSR count). The van der Waals surface area contributed by atoms with Crippen LogP contribution in [-0.4, -0.2) is 48.7 Å². The first-order valence-electron chi connectivity index (χ1n) is 5.27. The Morgan fingerprint density at radius 2 is 1.89 bits per heavy atom. The minimum Gasteiger partial charge on any atom is -0.466 e. The van der Waals surface area contributed by atoms with Crippen LogP contribution in [0.25, 0.3) is 0 Å². The third kappa shape index (κ3) is 10.7. The maximum absolute atomic E-state index is 10.9. The van der Waals surface area contributed by atoms with Gasteiger partial charge in [-0.05, 0) is 6.92 Å². The van der Waals surface area contributed by atoms with Gasteiger partial charge in [-0.25, -0.2) is 0 Å². The second-order valence-corrected chi connectivity index (χ2v) is 3.10. The summed E-state index contributed by atoms with van der Waals surface area (Å²) in [5.41, 5.74) is 0. The molecule has 0 saturated carbocycles. The second-order valence-electron chi connectivity index (χ2n) is 3.10. The van der Waals surface area contributed by atoms with Gasteiger partial charge >= 0.3 is 5.97 Å². The Morgan fingerprint density at radius 1 is 1.21 bits per heavy atom.